The second kappa shape index (κ2) is 30.9. The molecule has 91 heavy (non-hydrogen) atoms. The fourth-order valence-corrected chi connectivity index (χ4v) is 9.88. The van der Waals surface area contributed by atoms with E-state index in [0.717, 1.165) is 115 Å². The molecule has 0 unspecified atom stereocenters. The van der Waals surface area contributed by atoms with Gasteiger partial charge < -0.3 is 68.9 Å². The zero-order valence-electron chi connectivity index (χ0n) is 51.2. The number of aromatic nitrogens is 16. The molecule has 0 bridgehead atoms. The van der Waals surface area contributed by atoms with Crippen molar-refractivity contribution < 1.29 is 40.1 Å². The molecular formula is C64H85N21O6. The van der Waals surface area contributed by atoms with Gasteiger partial charge in [-0.25, -0.2) is 39.9 Å². The van der Waals surface area contributed by atoms with Crippen LogP contribution in [0.2, 0.25) is 0 Å². The number of aromatic amines is 8. The van der Waals surface area contributed by atoms with Gasteiger partial charge in [0.25, 0.3) is 23.6 Å². The number of ether oxygens (including phenoxy) is 2. The molecule has 8 N–H and O–H groups in total. The Hall–Kier alpha value is -11.6. The van der Waals surface area contributed by atoms with Crippen LogP contribution in [0, 0.1) is 23.7 Å². The lowest BCUT2D eigenvalue weighted by Crippen LogP contribution is -2.36. The first kappa shape index (κ1) is 63.9. The van der Waals surface area contributed by atoms with E-state index in [-0.39, 0.29) is 41.6 Å². The molecule has 0 atom stereocenters. The van der Waals surface area contributed by atoms with Gasteiger partial charge in [0.15, 0.2) is 0 Å². The number of H-pyrrole nitrogens is 8. The van der Waals surface area contributed by atoms with E-state index >= 15 is 0 Å². The molecule has 0 aliphatic carbocycles. The van der Waals surface area contributed by atoms with Gasteiger partial charge in [-0.2, -0.15) is 5.26 Å². The molecule has 0 aliphatic heterocycles. The van der Waals surface area contributed by atoms with Gasteiger partial charge in [0.2, 0.25) is 0 Å². The summed E-state index contributed by atoms with van der Waals surface area (Å²) in [5.41, 5.74) is 11.7. The van der Waals surface area contributed by atoms with E-state index in [1.165, 1.54) is 35.1 Å². The van der Waals surface area contributed by atoms with Crippen LogP contribution in [0.1, 0.15) is 86.5 Å². The van der Waals surface area contributed by atoms with Gasteiger partial charge in [0.1, 0.15) is 70.7 Å². The Labute approximate surface area is 534 Å². The lowest BCUT2D eigenvalue weighted by Gasteiger charge is -2.21. The van der Waals surface area contributed by atoms with Crippen LogP contribution in [0.25, 0.3) is 89.2 Å². The number of nitriles is 1. The highest BCUT2D eigenvalue weighted by Gasteiger charge is 2.22. The first-order chi connectivity index (χ1) is 44.4. The Balaban J connectivity index is 0.000000644. The number of nitrogens with zero attached hydrogens (tertiary/aromatic N) is 13. The molecule has 0 fully saturated rings. The first-order valence-electron chi connectivity index (χ1n) is 29.1. The number of terminal acetylenes is 1. The zero-order valence-corrected chi connectivity index (χ0v) is 51.2. The van der Waals surface area contributed by atoms with Gasteiger partial charge in [-0.05, 0) is 61.4 Å². The number of carbonyl (C=O) groups excluding carboxylic acids is 4. The third-order valence-corrected chi connectivity index (χ3v) is 14.4. The van der Waals surface area contributed by atoms with Crippen molar-refractivity contribution in [2.75, 3.05) is 80.8 Å². The fraction of sp³-hybridized carbons (Fsp3) is 0.266. The SMILES string of the molecule is C#CCN(C)C(=O)c1cc(-c2ncnc3[nH]ccc23)c[nH]1.CCCN(CCC)C(=O)c1cc(-c2ncnc3[nH]ccc23)c[nH]1.CN(CCC#N)C(=O)c1cc(-c2ncnc3[nH]ccc23)c[nH]1.COCCN(CCOC)C(=O)c1cc(-c2ncnc3[nH]ccc23)c[nH]1.[HH].[HH].[HH].[HH].[HH].[HH].[HH].[HH]. The molecule has 12 heterocycles. The molecule has 0 aliphatic rings. The third kappa shape index (κ3) is 15.2. The van der Waals surface area contributed by atoms with Crippen molar-refractivity contribution in [2.45, 2.75) is 33.1 Å². The highest BCUT2D eigenvalue weighted by atomic mass is 16.5. The summed E-state index contributed by atoms with van der Waals surface area (Å²) in [6.07, 6.45) is 27.8. The van der Waals surface area contributed by atoms with Gasteiger partial charge in [0, 0.05) is 166 Å². The molecule has 12 aromatic rings. The molecule has 0 aromatic carbocycles. The van der Waals surface area contributed by atoms with Crippen molar-refractivity contribution in [3.05, 3.63) is 146 Å². The van der Waals surface area contributed by atoms with Crippen LogP contribution < -0.4 is 0 Å². The second-order valence-corrected chi connectivity index (χ2v) is 20.6. The molecule has 12 rings (SSSR count). The van der Waals surface area contributed by atoms with Crippen LogP contribution in [0.5, 0.6) is 0 Å². The fourth-order valence-electron chi connectivity index (χ4n) is 9.88. The van der Waals surface area contributed by atoms with E-state index in [2.05, 4.69) is 99.5 Å². The Bertz CT molecular complexity index is 4490. The minimum Gasteiger partial charge on any atom is -0.383 e. The van der Waals surface area contributed by atoms with Crippen LogP contribution >= 0.6 is 0 Å². The van der Waals surface area contributed by atoms with E-state index in [4.69, 9.17) is 21.2 Å². The number of nitrogens with one attached hydrogen (secondary N) is 8. The maximum Gasteiger partial charge on any atom is 0.270 e. The summed E-state index contributed by atoms with van der Waals surface area (Å²) in [4.78, 5) is 115. The van der Waals surface area contributed by atoms with Crippen molar-refractivity contribution in [2.24, 2.45) is 0 Å². The van der Waals surface area contributed by atoms with Crippen LogP contribution in [-0.2, 0) is 9.47 Å². The topological polar surface area (TPSA) is 353 Å². The van der Waals surface area contributed by atoms with Crippen molar-refractivity contribution in [1.82, 2.24) is 99.3 Å². The van der Waals surface area contributed by atoms with Crippen molar-refractivity contribution in [1.29, 1.82) is 5.26 Å². The van der Waals surface area contributed by atoms with E-state index in [1.54, 1.807) is 70.1 Å². The zero-order chi connectivity index (χ0) is 64.2. The summed E-state index contributed by atoms with van der Waals surface area (Å²) in [7, 11) is 6.57. The van der Waals surface area contributed by atoms with Crippen molar-refractivity contribution >= 4 is 67.8 Å². The summed E-state index contributed by atoms with van der Waals surface area (Å²) in [5.74, 6) is 2.08. The number of amides is 4. The summed E-state index contributed by atoms with van der Waals surface area (Å²) in [5, 5.41) is 12.3. The number of rotatable bonds is 21. The van der Waals surface area contributed by atoms with Crippen LogP contribution in [-0.4, -0.2) is 204 Å². The number of fused-ring (bicyclic) bond motifs is 4. The Morgan fingerprint density at radius 3 is 1.10 bits per heavy atom. The normalized spacial score (nSPS) is 10.8. The van der Waals surface area contributed by atoms with Crippen LogP contribution in [0.3, 0.4) is 0 Å². The number of hydrogen-bond acceptors (Lipinski definition) is 15. The summed E-state index contributed by atoms with van der Waals surface area (Å²) in [6, 6.07) is 16.9. The molecule has 27 heteroatoms. The largest absolute Gasteiger partial charge is 0.383 e. The van der Waals surface area contributed by atoms with Gasteiger partial charge in [0.05, 0.1) is 55.0 Å². The minimum absolute atomic E-state index is 0. The summed E-state index contributed by atoms with van der Waals surface area (Å²) >= 11 is 0. The van der Waals surface area contributed by atoms with Crippen molar-refractivity contribution in [3.63, 3.8) is 0 Å². The monoisotopic (exact) mass is 1240 g/mol. The Kier molecular flexibility index (Phi) is 21.7. The molecule has 0 radical (unpaired) electrons. The molecule has 4 amide bonds. The van der Waals surface area contributed by atoms with E-state index < -0.39 is 0 Å². The molecule has 12 aromatic heterocycles. The highest BCUT2D eigenvalue weighted by Crippen LogP contribution is 2.30. The van der Waals surface area contributed by atoms with E-state index in [0.29, 0.717) is 62.0 Å². The molecule has 27 nitrogen and oxygen atoms in total. The smallest absolute Gasteiger partial charge is 0.270 e. The van der Waals surface area contributed by atoms with Crippen LogP contribution in [0.4, 0.5) is 0 Å². The van der Waals surface area contributed by atoms with Gasteiger partial charge >= 0.3 is 0 Å². The highest BCUT2D eigenvalue weighted by molar-refractivity contribution is 6.00. The van der Waals surface area contributed by atoms with E-state index in [9.17, 15) is 19.2 Å². The number of hydrogen-bond donors (Lipinski definition) is 8. The number of methoxy groups -OCH3 is 2. The van der Waals surface area contributed by atoms with E-state index in [1.807, 2.05) is 72.2 Å². The molecular weight excluding hydrogens is 1160 g/mol. The lowest BCUT2D eigenvalue weighted by atomic mass is 10.1. The summed E-state index contributed by atoms with van der Waals surface area (Å²) in [6.45, 7) is 8.33. The summed E-state index contributed by atoms with van der Waals surface area (Å²) < 4.78 is 10.2. The van der Waals surface area contributed by atoms with Crippen LogP contribution in [0.15, 0.2) is 123 Å². The third-order valence-electron chi connectivity index (χ3n) is 14.4. The quantitative estimate of drug-likeness (QED) is 0.0310. The number of carbonyl (C=O) groups is 4. The van der Waals surface area contributed by atoms with Gasteiger partial charge in [-0.1, -0.05) is 19.8 Å². The Morgan fingerprint density at radius 2 is 0.791 bits per heavy atom. The lowest BCUT2D eigenvalue weighted by molar-refractivity contribution is 0.0622. The molecule has 0 saturated heterocycles. The predicted octanol–water partition coefficient (Wildman–Crippen LogP) is 10.5. The van der Waals surface area contributed by atoms with Crippen molar-refractivity contribution in [3.8, 4) is 63.4 Å². The minimum atomic E-state index is -0.154. The maximum atomic E-state index is 12.8. The second-order valence-electron chi connectivity index (χ2n) is 20.6. The maximum absolute atomic E-state index is 12.8. The Morgan fingerprint density at radius 1 is 0.473 bits per heavy atom. The standard InChI is InChI=1S/C17H21N5O3.C17H21N5O.C15H14N6O.C15H13N5O.8H2/c1-24-7-5-22(6-8-25-2)17(23)14-9-12(10-19-14)15-13-3-4-18-16(13)21-11-20-15;1-3-7-22(8-4-2)17(23)14-9-12(10-19-14)15-13-5-6-18-16(13)21-11-20-15;1-21(6-2-4-16)15(22)12-7-10(8-18-12)13-11-3-5-17-14(11)20-9-19-13;1-3-6-20(2)15(21)12-7-10(8-17-12)13-11-4-5-16-14(11)19-9-18-13;;;;;;;;/h3-4,9-11,19H,5-8H2,1-2H3,(H,18,20,21);5-6,9-11,19H,3-4,7-8H2,1-2H3,(H,18,20,21);3,5,7-9,18H,2,6H2,1H3,(H,17,19,20);1,4-5,7-9,17H,6H2,2H3,(H,16,18,19);8*1H. The van der Waals surface area contributed by atoms with Gasteiger partial charge in [-0.3, -0.25) is 19.2 Å². The molecule has 0 saturated carbocycles. The molecule has 482 valence electrons. The predicted molar refractivity (Wildman–Crippen MR) is 361 cm³/mol. The average molecular weight is 1240 g/mol. The van der Waals surface area contributed by atoms with Gasteiger partial charge in [-0.15, -0.1) is 6.42 Å². The average Bonchev–Trinajstić information content (AvgIpc) is 1.70. The molecule has 0 spiro atoms. The first-order valence-corrected chi connectivity index (χ1v) is 29.1.